The maximum absolute atomic E-state index is 6.12. The SMILES string of the molecule is CCC1NNc2c(N)c(-c3ccccc3)nn21. The molecule has 0 saturated heterocycles. The minimum Gasteiger partial charge on any atom is -0.394 e. The number of fused-ring (bicyclic) bond motifs is 1. The summed E-state index contributed by atoms with van der Waals surface area (Å²) in [7, 11) is 0. The lowest BCUT2D eigenvalue weighted by atomic mass is 10.1. The van der Waals surface area contributed by atoms with Gasteiger partial charge in [0.2, 0.25) is 0 Å². The van der Waals surface area contributed by atoms with Crippen molar-refractivity contribution in [1.29, 1.82) is 0 Å². The molecule has 0 amide bonds. The van der Waals surface area contributed by atoms with Crippen molar-refractivity contribution < 1.29 is 0 Å². The molecular formula is C12H15N5. The third kappa shape index (κ3) is 1.47. The summed E-state index contributed by atoms with van der Waals surface area (Å²) in [5, 5.41) is 4.58. The van der Waals surface area contributed by atoms with Crippen molar-refractivity contribution in [2.24, 2.45) is 0 Å². The predicted molar refractivity (Wildman–Crippen MR) is 68.2 cm³/mol. The Morgan fingerprint density at radius 1 is 1.35 bits per heavy atom. The van der Waals surface area contributed by atoms with Crippen LogP contribution in [0.4, 0.5) is 11.5 Å². The molecule has 2 heterocycles. The molecule has 88 valence electrons. The molecule has 5 heteroatoms. The van der Waals surface area contributed by atoms with E-state index < -0.39 is 0 Å². The first-order valence-corrected chi connectivity index (χ1v) is 5.76. The maximum atomic E-state index is 6.12. The molecule has 1 atom stereocenters. The monoisotopic (exact) mass is 229 g/mol. The van der Waals surface area contributed by atoms with E-state index in [9.17, 15) is 0 Å². The van der Waals surface area contributed by atoms with Crippen molar-refractivity contribution in [2.45, 2.75) is 19.5 Å². The van der Waals surface area contributed by atoms with E-state index in [1.54, 1.807) is 0 Å². The van der Waals surface area contributed by atoms with E-state index in [1.807, 2.05) is 35.0 Å². The second kappa shape index (κ2) is 3.78. The van der Waals surface area contributed by atoms with Crippen LogP contribution >= 0.6 is 0 Å². The van der Waals surface area contributed by atoms with Gasteiger partial charge in [-0.05, 0) is 6.42 Å². The molecular weight excluding hydrogens is 214 g/mol. The molecule has 0 fully saturated rings. The zero-order valence-electron chi connectivity index (χ0n) is 9.64. The van der Waals surface area contributed by atoms with Crippen LogP contribution in [0.5, 0.6) is 0 Å². The topological polar surface area (TPSA) is 67.9 Å². The molecule has 2 aromatic rings. The fraction of sp³-hybridized carbons (Fsp3) is 0.250. The standard InChI is InChI=1S/C12H15N5/c1-2-9-14-15-12-10(13)11(16-17(9)12)8-6-4-3-5-7-8/h3-7,9,14-15H,2,13H2,1H3. The van der Waals surface area contributed by atoms with Crippen molar-refractivity contribution >= 4 is 11.5 Å². The molecule has 1 aliphatic rings. The number of rotatable bonds is 2. The Morgan fingerprint density at radius 2 is 2.12 bits per heavy atom. The van der Waals surface area contributed by atoms with Gasteiger partial charge >= 0.3 is 0 Å². The Labute approximate surface area is 99.6 Å². The number of nitrogens with one attached hydrogen (secondary N) is 2. The van der Waals surface area contributed by atoms with Gasteiger partial charge in [0.25, 0.3) is 0 Å². The molecule has 0 spiro atoms. The maximum Gasteiger partial charge on any atom is 0.164 e. The molecule has 1 aliphatic heterocycles. The summed E-state index contributed by atoms with van der Waals surface area (Å²) in [4.78, 5) is 0. The molecule has 3 rings (SSSR count). The van der Waals surface area contributed by atoms with Gasteiger partial charge in [-0.1, -0.05) is 37.3 Å². The third-order valence-corrected chi connectivity index (χ3v) is 3.03. The minimum absolute atomic E-state index is 0.171. The highest BCUT2D eigenvalue weighted by molar-refractivity contribution is 5.81. The first-order valence-electron chi connectivity index (χ1n) is 5.76. The molecule has 5 nitrogen and oxygen atoms in total. The average Bonchev–Trinajstić information content (AvgIpc) is 2.91. The molecule has 1 aromatic heterocycles. The highest BCUT2D eigenvalue weighted by Crippen LogP contribution is 2.35. The first kappa shape index (κ1) is 10.2. The summed E-state index contributed by atoms with van der Waals surface area (Å²) >= 11 is 0. The van der Waals surface area contributed by atoms with Crippen LogP contribution < -0.4 is 16.6 Å². The second-order valence-corrected chi connectivity index (χ2v) is 4.11. The van der Waals surface area contributed by atoms with Crippen molar-refractivity contribution in [3.05, 3.63) is 30.3 Å². The Morgan fingerprint density at radius 3 is 2.82 bits per heavy atom. The van der Waals surface area contributed by atoms with Crippen LogP contribution in [-0.4, -0.2) is 9.78 Å². The summed E-state index contributed by atoms with van der Waals surface area (Å²) < 4.78 is 1.91. The third-order valence-electron chi connectivity index (χ3n) is 3.03. The van der Waals surface area contributed by atoms with Gasteiger partial charge in [0, 0.05) is 5.56 Å². The van der Waals surface area contributed by atoms with E-state index in [0.717, 1.165) is 23.5 Å². The summed E-state index contributed by atoms with van der Waals surface area (Å²) in [6.45, 7) is 2.11. The van der Waals surface area contributed by atoms with E-state index in [-0.39, 0.29) is 6.17 Å². The van der Waals surface area contributed by atoms with Gasteiger partial charge in [-0.15, -0.1) is 0 Å². The predicted octanol–water partition coefficient (Wildman–Crippen LogP) is 1.97. The lowest BCUT2D eigenvalue weighted by Gasteiger charge is -2.07. The zero-order valence-corrected chi connectivity index (χ0v) is 9.64. The minimum atomic E-state index is 0.171. The number of aromatic nitrogens is 2. The normalized spacial score (nSPS) is 17.8. The van der Waals surface area contributed by atoms with Crippen LogP contribution in [0.15, 0.2) is 30.3 Å². The lowest BCUT2D eigenvalue weighted by Crippen LogP contribution is -2.21. The van der Waals surface area contributed by atoms with Crippen molar-refractivity contribution in [2.75, 3.05) is 11.2 Å². The van der Waals surface area contributed by atoms with E-state index in [0.29, 0.717) is 5.69 Å². The van der Waals surface area contributed by atoms with Crippen LogP contribution in [0.2, 0.25) is 0 Å². The average molecular weight is 229 g/mol. The van der Waals surface area contributed by atoms with Crippen LogP contribution in [0.1, 0.15) is 19.5 Å². The largest absolute Gasteiger partial charge is 0.394 e. The first-order chi connectivity index (χ1) is 8.31. The lowest BCUT2D eigenvalue weighted by molar-refractivity contribution is 0.432. The molecule has 4 N–H and O–H groups in total. The van der Waals surface area contributed by atoms with Crippen LogP contribution in [-0.2, 0) is 0 Å². The number of anilines is 2. The van der Waals surface area contributed by atoms with Gasteiger partial charge in [0.05, 0.1) is 0 Å². The fourth-order valence-corrected chi connectivity index (χ4v) is 2.09. The summed E-state index contributed by atoms with van der Waals surface area (Å²) in [5.41, 5.74) is 14.9. The van der Waals surface area contributed by atoms with Crippen molar-refractivity contribution in [3.63, 3.8) is 0 Å². The molecule has 0 saturated carbocycles. The van der Waals surface area contributed by atoms with E-state index in [4.69, 9.17) is 5.73 Å². The van der Waals surface area contributed by atoms with Gasteiger partial charge in [0.1, 0.15) is 17.5 Å². The molecule has 17 heavy (non-hydrogen) atoms. The molecule has 0 radical (unpaired) electrons. The number of nitrogens with two attached hydrogens (primary N) is 1. The van der Waals surface area contributed by atoms with Gasteiger partial charge in [-0.3, -0.25) is 0 Å². The smallest absolute Gasteiger partial charge is 0.164 e. The zero-order chi connectivity index (χ0) is 11.8. The van der Waals surface area contributed by atoms with Crippen LogP contribution in [0.25, 0.3) is 11.3 Å². The number of hydrogen-bond acceptors (Lipinski definition) is 4. The van der Waals surface area contributed by atoms with Gasteiger partial charge in [0.15, 0.2) is 5.82 Å². The summed E-state index contributed by atoms with van der Waals surface area (Å²) in [5.74, 6) is 0.857. The van der Waals surface area contributed by atoms with Crippen LogP contribution in [0, 0.1) is 0 Å². The quantitative estimate of drug-likeness (QED) is 0.736. The van der Waals surface area contributed by atoms with Gasteiger partial charge < -0.3 is 11.2 Å². The number of benzene rings is 1. The molecule has 1 unspecified atom stereocenters. The number of nitrogens with zero attached hydrogens (tertiary/aromatic N) is 2. The number of hydrazine groups is 1. The highest BCUT2D eigenvalue weighted by atomic mass is 15.6. The Bertz CT molecular complexity index is 531. The van der Waals surface area contributed by atoms with Gasteiger partial charge in [-0.25, -0.2) is 10.1 Å². The van der Waals surface area contributed by atoms with Crippen LogP contribution in [0.3, 0.4) is 0 Å². The second-order valence-electron chi connectivity index (χ2n) is 4.11. The van der Waals surface area contributed by atoms with E-state index >= 15 is 0 Å². The summed E-state index contributed by atoms with van der Waals surface area (Å²) in [6, 6.07) is 9.99. The summed E-state index contributed by atoms with van der Waals surface area (Å²) in [6.07, 6.45) is 1.12. The molecule has 0 aliphatic carbocycles. The van der Waals surface area contributed by atoms with E-state index in [1.165, 1.54) is 0 Å². The Hall–Kier alpha value is -2.01. The fourth-order valence-electron chi connectivity index (χ4n) is 2.09. The highest BCUT2D eigenvalue weighted by Gasteiger charge is 2.26. The van der Waals surface area contributed by atoms with Crippen molar-refractivity contribution in [3.8, 4) is 11.3 Å². The van der Waals surface area contributed by atoms with E-state index in [2.05, 4.69) is 22.9 Å². The molecule has 1 aromatic carbocycles. The molecule has 0 bridgehead atoms. The Balaban J connectivity index is 2.10. The number of hydrogen-bond donors (Lipinski definition) is 3. The number of nitrogen functional groups attached to an aromatic ring is 1. The Kier molecular flexibility index (Phi) is 2.26. The van der Waals surface area contributed by atoms with Crippen molar-refractivity contribution in [1.82, 2.24) is 15.2 Å². The van der Waals surface area contributed by atoms with Gasteiger partial charge in [-0.2, -0.15) is 5.10 Å².